The van der Waals surface area contributed by atoms with Gasteiger partial charge in [-0.1, -0.05) is 29.5 Å². The predicted octanol–water partition coefficient (Wildman–Crippen LogP) is 0.765. The molecule has 144 valence electrons. The SMILES string of the molecule is CC(C)NC(=O)C(=O)NNC(=O)c1ccc(Cn2nnc3ccccc32)cc1. The number of fused-ring (bicyclic) bond motifs is 1. The lowest BCUT2D eigenvalue weighted by molar-refractivity contribution is -0.139. The van der Waals surface area contributed by atoms with Crippen LogP contribution in [0.5, 0.6) is 0 Å². The number of hydrogen-bond donors (Lipinski definition) is 3. The monoisotopic (exact) mass is 380 g/mol. The third kappa shape index (κ3) is 4.50. The molecule has 2 aromatic carbocycles. The van der Waals surface area contributed by atoms with Gasteiger partial charge < -0.3 is 5.32 Å². The number of carbonyl (C=O) groups is 3. The standard InChI is InChI=1S/C19H20N6O3/c1-12(2)20-18(27)19(28)23-22-17(26)14-9-7-13(8-10-14)11-25-16-6-4-3-5-15(16)21-24-25/h3-10,12H,11H2,1-2H3,(H,20,27)(H,22,26)(H,23,28). The van der Waals surface area contributed by atoms with Crippen molar-refractivity contribution in [3.05, 3.63) is 59.7 Å². The third-order valence-corrected chi connectivity index (χ3v) is 3.88. The Labute approximate surface area is 161 Å². The largest absolute Gasteiger partial charge is 0.346 e. The van der Waals surface area contributed by atoms with Gasteiger partial charge in [0.25, 0.3) is 5.91 Å². The van der Waals surface area contributed by atoms with Crippen LogP contribution in [0.2, 0.25) is 0 Å². The number of aromatic nitrogens is 3. The van der Waals surface area contributed by atoms with Crippen LogP contribution in [0.15, 0.2) is 48.5 Å². The number of hydrogen-bond acceptors (Lipinski definition) is 5. The van der Waals surface area contributed by atoms with Gasteiger partial charge in [0.05, 0.1) is 12.1 Å². The number of hydrazine groups is 1. The first-order valence-electron chi connectivity index (χ1n) is 8.72. The maximum atomic E-state index is 12.1. The van der Waals surface area contributed by atoms with E-state index in [-0.39, 0.29) is 6.04 Å². The summed E-state index contributed by atoms with van der Waals surface area (Å²) >= 11 is 0. The van der Waals surface area contributed by atoms with E-state index in [4.69, 9.17) is 0 Å². The zero-order chi connectivity index (χ0) is 20.1. The fourth-order valence-corrected chi connectivity index (χ4v) is 2.54. The van der Waals surface area contributed by atoms with Crippen LogP contribution in [0.3, 0.4) is 0 Å². The summed E-state index contributed by atoms with van der Waals surface area (Å²) in [6.07, 6.45) is 0. The summed E-state index contributed by atoms with van der Waals surface area (Å²) in [5.74, 6) is -2.27. The van der Waals surface area contributed by atoms with E-state index in [2.05, 4.69) is 26.5 Å². The Balaban J connectivity index is 1.58. The minimum Gasteiger partial charge on any atom is -0.346 e. The number of para-hydroxylation sites is 1. The van der Waals surface area contributed by atoms with E-state index < -0.39 is 17.7 Å². The highest BCUT2D eigenvalue weighted by molar-refractivity contribution is 6.35. The van der Waals surface area contributed by atoms with Gasteiger partial charge in [0, 0.05) is 11.6 Å². The first kappa shape index (κ1) is 19.0. The van der Waals surface area contributed by atoms with E-state index in [1.165, 1.54) is 0 Å². The van der Waals surface area contributed by atoms with Gasteiger partial charge >= 0.3 is 11.8 Å². The Morgan fingerprint density at radius 3 is 2.39 bits per heavy atom. The van der Waals surface area contributed by atoms with Gasteiger partial charge in [0.1, 0.15) is 5.52 Å². The fourth-order valence-electron chi connectivity index (χ4n) is 2.54. The molecule has 0 fully saturated rings. The van der Waals surface area contributed by atoms with Crippen molar-refractivity contribution in [2.45, 2.75) is 26.4 Å². The van der Waals surface area contributed by atoms with Crippen LogP contribution in [0, 0.1) is 0 Å². The molecule has 28 heavy (non-hydrogen) atoms. The van der Waals surface area contributed by atoms with E-state index in [1.54, 1.807) is 42.8 Å². The van der Waals surface area contributed by atoms with Crippen LogP contribution < -0.4 is 16.2 Å². The van der Waals surface area contributed by atoms with Gasteiger partial charge in [-0.25, -0.2) is 4.68 Å². The Bertz CT molecular complexity index is 1010. The summed E-state index contributed by atoms with van der Waals surface area (Å²) in [6, 6.07) is 14.3. The molecule has 9 heteroatoms. The van der Waals surface area contributed by atoms with Gasteiger partial charge in [-0.05, 0) is 43.7 Å². The second-order valence-electron chi connectivity index (χ2n) is 6.47. The van der Waals surface area contributed by atoms with E-state index in [9.17, 15) is 14.4 Å². The Morgan fingerprint density at radius 2 is 1.68 bits per heavy atom. The average Bonchev–Trinajstić information content (AvgIpc) is 3.09. The van der Waals surface area contributed by atoms with E-state index >= 15 is 0 Å². The second-order valence-corrected chi connectivity index (χ2v) is 6.47. The Morgan fingerprint density at radius 1 is 0.964 bits per heavy atom. The lowest BCUT2D eigenvalue weighted by atomic mass is 10.1. The molecule has 1 aromatic heterocycles. The van der Waals surface area contributed by atoms with Crippen molar-refractivity contribution < 1.29 is 14.4 Å². The summed E-state index contributed by atoms with van der Waals surface area (Å²) in [6.45, 7) is 3.97. The Kier molecular flexibility index (Phi) is 5.64. The molecule has 1 heterocycles. The highest BCUT2D eigenvalue weighted by Gasteiger charge is 2.15. The topological polar surface area (TPSA) is 118 Å². The molecule has 0 atom stereocenters. The highest BCUT2D eigenvalue weighted by Crippen LogP contribution is 2.12. The quantitative estimate of drug-likeness (QED) is 0.456. The number of rotatable bonds is 4. The molecule has 0 aliphatic carbocycles. The predicted molar refractivity (Wildman–Crippen MR) is 102 cm³/mol. The van der Waals surface area contributed by atoms with Crippen LogP contribution in [0.4, 0.5) is 0 Å². The average molecular weight is 380 g/mol. The summed E-state index contributed by atoms with van der Waals surface area (Å²) in [7, 11) is 0. The van der Waals surface area contributed by atoms with Gasteiger partial charge in [-0.15, -0.1) is 5.10 Å². The molecule has 0 saturated carbocycles. The smallest absolute Gasteiger partial charge is 0.327 e. The minimum absolute atomic E-state index is 0.177. The maximum absolute atomic E-state index is 12.1. The number of carbonyl (C=O) groups excluding carboxylic acids is 3. The zero-order valence-corrected chi connectivity index (χ0v) is 15.5. The molecule has 3 amide bonds. The van der Waals surface area contributed by atoms with Crippen LogP contribution in [-0.4, -0.2) is 38.8 Å². The number of benzene rings is 2. The van der Waals surface area contributed by atoms with Crippen molar-refractivity contribution in [1.82, 2.24) is 31.2 Å². The van der Waals surface area contributed by atoms with Crippen LogP contribution >= 0.6 is 0 Å². The van der Waals surface area contributed by atoms with Crippen molar-refractivity contribution in [1.29, 1.82) is 0 Å². The van der Waals surface area contributed by atoms with Crippen molar-refractivity contribution >= 4 is 28.8 Å². The summed E-state index contributed by atoms with van der Waals surface area (Å²) in [5.41, 5.74) is 7.32. The molecule has 0 aliphatic heterocycles. The molecule has 0 saturated heterocycles. The Hall–Kier alpha value is -3.75. The summed E-state index contributed by atoms with van der Waals surface area (Å²) in [4.78, 5) is 35.2. The van der Waals surface area contributed by atoms with Gasteiger partial charge in [0.15, 0.2) is 0 Å². The molecular formula is C19H20N6O3. The molecule has 0 unspecified atom stereocenters. The van der Waals surface area contributed by atoms with Crippen molar-refractivity contribution in [3.63, 3.8) is 0 Å². The normalized spacial score (nSPS) is 10.7. The molecule has 3 rings (SSSR count). The van der Waals surface area contributed by atoms with Crippen molar-refractivity contribution in [2.24, 2.45) is 0 Å². The number of nitrogens with one attached hydrogen (secondary N) is 3. The van der Waals surface area contributed by atoms with Gasteiger partial charge in [0.2, 0.25) is 0 Å². The van der Waals surface area contributed by atoms with E-state index in [1.807, 2.05) is 24.3 Å². The molecule has 3 aromatic rings. The van der Waals surface area contributed by atoms with E-state index in [0.717, 1.165) is 16.6 Å². The molecular weight excluding hydrogens is 360 g/mol. The van der Waals surface area contributed by atoms with Crippen LogP contribution in [-0.2, 0) is 16.1 Å². The van der Waals surface area contributed by atoms with Crippen LogP contribution in [0.1, 0.15) is 29.8 Å². The van der Waals surface area contributed by atoms with Gasteiger partial charge in [-0.3, -0.25) is 25.2 Å². The molecule has 0 spiro atoms. The third-order valence-electron chi connectivity index (χ3n) is 3.88. The zero-order valence-electron chi connectivity index (χ0n) is 15.5. The van der Waals surface area contributed by atoms with Crippen molar-refractivity contribution in [3.8, 4) is 0 Å². The fraction of sp³-hybridized carbons (Fsp3) is 0.211. The molecule has 3 N–H and O–H groups in total. The minimum atomic E-state index is -0.934. The second kappa shape index (κ2) is 8.30. The highest BCUT2D eigenvalue weighted by atomic mass is 16.2. The molecule has 0 bridgehead atoms. The first-order chi connectivity index (χ1) is 13.4. The number of amides is 3. The molecule has 0 aliphatic rings. The number of nitrogens with zero attached hydrogens (tertiary/aromatic N) is 3. The maximum Gasteiger partial charge on any atom is 0.327 e. The van der Waals surface area contributed by atoms with E-state index in [0.29, 0.717) is 12.1 Å². The first-order valence-corrected chi connectivity index (χ1v) is 8.72. The van der Waals surface area contributed by atoms with Crippen LogP contribution in [0.25, 0.3) is 11.0 Å². The lowest BCUT2D eigenvalue weighted by Gasteiger charge is -2.10. The molecule has 0 radical (unpaired) electrons. The van der Waals surface area contributed by atoms with Crippen molar-refractivity contribution in [2.75, 3.05) is 0 Å². The summed E-state index contributed by atoms with van der Waals surface area (Å²) in [5, 5.41) is 10.7. The lowest BCUT2D eigenvalue weighted by Crippen LogP contribution is -2.49. The van der Waals surface area contributed by atoms with Gasteiger partial charge in [-0.2, -0.15) is 0 Å². The summed E-state index contributed by atoms with van der Waals surface area (Å²) < 4.78 is 1.78. The molecule has 9 nitrogen and oxygen atoms in total.